The molecule has 0 bridgehead atoms. The standard InChI is InChI=1S/C15H31NO/c1-4-6-14(9-10-17)11-16-15-8-5-7-12(2)13(15)3/h12-17H,4-11H2,1-3H3. The van der Waals surface area contributed by atoms with Crippen molar-refractivity contribution in [1.29, 1.82) is 0 Å². The first kappa shape index (κ1) is 15.0. The van der Waals surface area contributed by atoms with Crippen LogP contribution >= 0.6 is 0 Å². The Hall–Kier alpha value is -0.0800. The van der Waals surface area contributed by atoms with Crippen molar-refractivity contribution >= 4 is 0 Å². The van der Waals surface area contributed by atoms with Crippen LogP contribution < -0.4 is 5.32 Å². The second-order valence-electron chi connectivity index (χ2n) is 5.95. The fourth-order valence-electron chi connectivity index (χ4n) is 3.13. The molecule has 0 heterocycles. The largest absolute Gasteiger partial charge is 0.396 e. The van der Waals surface area contributed by atoms with Crippen molar-refractivity contribution in [2.24, 2.45) is 17.8 Å². The number of aliphatic hydroxyl groups is 1. The molecule has 0 amide bonds. The number of aliphatic hydroxyl groups excluding tert-OH is 1. The minimum absolute atomic E-state index is 0.336. The van der Waals surface area contributed by atoms with Crippen LogP contribution in [-0.4, -0.2) is 24.3 Å². The molecule has 0 spiro atoms. The molecule has 2 N–H and O–H groups in total. The molecule has 102 valence electrons. The fraction of sp³-hybridized carbons (Fsp3) is 1.00. The zero-order valence-electron chi connectivity index (χ0n) is 11.9. The molecule has 0 saturated heterocycles. The molecule has 17 heavy (non-hydrogen) atoms. The van der Waals surface area contributed by atoms with Gasteiger partial charge in [-0.2, -0.15) is 0 Å². The summed E-state index contributed by atoms with van der Waals surface area (Å²) in [7, 11) is 0. The zero-order chi connectivity index (χ0) is 12.7. The van der Waals surface area contributed by atoms with Crippen LogP contribution in [0.25, 0.3) is 0 Å². The van der Waals surface area contributed by atoms with Gasteiger partial charge in [-0.3, -0.25) is 0 Å². The van der Waals surface area contributed by atoms with E-state index in [2.05, 4.69) is 26.1 Å². The van der Waals surface area contributed by atoms with Gasteiger partial charge in [0.25, 0.3) is 0 Å². The molecule has 0 radical (unpaired) electrons. The van der Waals surface area contributed by atoms with Gasteiger partial charge in [-0.25, -0.2) is 0 Å². The predicted octanol–water partition coefficient (Wildman–Crippen LogP) is 3.20. The van der Waals surface area contributed by atoms with E-state index in [0.29, 0.717) is 18.6 Å². The summed E-state index contributed by atoms with van der Waals surface area (Å²) in [6, 6.07) is 0.705. The Balaban J connectivity index is 2.31. The summed E-state index contributed by atoms with van der Waals surface area (Å²) < 4.78 is 0. The van der Waals surface area contributed by atoms with Gasteiger partial charge >= 0.3 is 0 Å². The van der Waals surface area contributed by atoms with Crippen molar-refractivity contribution in [1.82, 2.24) is 5.32 Å². The van der Waals surface area contributed by atoms with Gasteiger partial charge in [-0.1, -0.05) is 40.0 Å². The molecular weight excluding hydrogens is 210 g/mol. The first-order chi connectivity index (χ1) is 8.19. The molecule has 2 nitrogen and oxygen atoms in total. The van der Waals surface area contributed by atoms with E-state index in [1.54, 1.807) is 0 Å². The molecule has 1 aliphatic rings. The van der Waals surface area contributed by atoms with E-state index in [1.807, 2.05) is 0 Å². The van der Waals surface area contributed by atoms with E-state index < -0.39 is 0 Å². The van der Waals surface area contributed by atoms with Crippen molar-refractivity contribution in [2.75, 3.05) is 13.2 Å². The summed E-state index contributed by atoms with van der Waals surface area (Å²) in [6.07, 6.45) is 7.53. The molecule has 0 aromatic carbocycles. The minimum Gasteiger partial charge on any atom is -0.396 e. The van der Waals surface area contributed by atoms with Crippen LogP contribution in [-0.2, 0) is 0 Å². The minimum atomic E-state index is 0.336. The number of rotatable bonds is 7. The molecule has 1 rings (SSSR count). The van der Waals surface area contributed by atoms with Gasteiger partial charge in [0.05, 0.1) is 0 Å². The Bertz CT molecular complexity index is 189. The van der Waals surface area contributed by atoms with Crippen LogP contribution in [0.3, 0.4) is 0 Å². The first-order valence-corrected chi connectivity index (χ1v) is 7.53. The van der Waals surface area contributed by atoms with Gasteiger partial charge in [0, 0.05) is 12.6 Å². The van der Waals surface area contributed by atoms with Crippen molar-refractivity contribution in [3.05, 3.63) is 0 Å². The van der Waals surface area contributed by atoms with Gasteiger partial charge < -0.3 is 10.4 Å². The Labute approximate surface area is 107 Å². The van der Waals surface area contributed by atoms with Gasteiger partial charge in [-0.05, 0) is 43.6 Å². The lowest BCUT2D eigenvalue weighted by Gasteiger charge is -2.35. The van der Waals surface area contributed by atoms with E-state index in [4.69, 9.17) is 5.11 Å². The van der Waals surface area contributed by atoms with Crippen LogP contribution in [0.4, 0.5) is 0 Å². The fourth-order valence-corrected chi connectivity index (χ4v) is 3.13. The summed E-state index contributed by atoms with van der Waals surface area (Å²) in [5.41, 5.74) is 0. The van der Waals surface area contributed by atoms with Gasteiger partial charge in [0.2, 0.25) is 0 Å². The number of nitrogens with one attached hydrogen (secondary N) is 1. The highest BCUT2D eigenvalue weighted by molar-refractivity contribution is 4.82. The molecule has 1 fully saturated rings. The average molecular weight is 241 g/mol. The van der Waals surface area contributed by atoms with Crippen LogP contribution in [0.5, 0.6) is 0 Å². The molecule has 2 heteroatoms. The average Bonchev–Trinajstić information content (AvgIpc) is 2.31. The molecule has 0 aliphatic heterocycles. The second-order valence-corrected chi connectivity index (χ2v) is 5.95. The van der Waals surface area contributed by atoms with Gasteiger partial charge in [0.1, 0.15) is 0 Å². The summed E-state index contributed by atoms with van der Waals surface area (Å²) in [4.78, 5) is 0. The van der Waals surface area contributed by atoms with Crippen LogP contribution in [0, 0.1) is 17.8 Å². The maximum atomic E-state index is 9.07. The van der Waals surface area contributed by atoms with Gasteiger partial charge in [-0.15, -0.1) is 0 Å². The summed E-state index contributed by atoms with van der Waals surface area (Å²) in [5.74, 6) is 2.33. The Morgan fingerprint density at radius 1 is 1.24 bits per heavy atom. The van der Waals surface area contributed by atoms with Crippen LogP contribution in [0.2, 0.25) is 0 Å². The van der Waals surface area contributed by atoms with Gasteiger partial charge in [0.15, 0.2) is 0 Å². The van der Waals surface area contributed by atoms with E-state index in [1.165, 1.54) is 32.1 Å². The monoisotopic (exact) mass is 241 g/mol. The lowest BCUT2D eigenvalue weighted by molar-refractivity contribution is 0.190. The van der Waals surface area contributed by atoms with E-state index in [0.717, 1.165) is 24.8 Å². The number of hydrogen-bond donors (Lipinski definition) is 2. The normalized spacial score (nSPS) is 31.4. The summed E-state index contributed by atoms with van der Waals surface area (Å²) in [6.45, 7) is 8.44. The van der Waals surface area contributed by atoms with E-state index in [9.17, 15) is 0 Å². The molecular formula is C15H31NO. The van der Waals surface area contributed by atoms with E-state index in [-0.39, 0.29) is 0 Å². The summed E-state index contributed by atoms with van der Waals surface area (Å²) in [5, 5.41) is 12.8. The van der Waals surface area contributed by atoms with Crippen molar-refractivity contribution in [2.45, 2.75) is 65.3 Å². The van der Waals surface area contributed by atoms with Crippen molar-refractivity contribution in [3.63, 3.8) is 0 Å². The van der Waals surface area contributed by atoms with Crippen LogP contribution in [0.15, 0.2) is 0 Å². The molecule has 4 unspecified atom stereocenters. The smallest absolute Gasteiger partial charge is 0.0434 e. The highest BCUT2D eigenvalue weighted by atomic mass is 16.3. The lowest BCUT2D eigenvalue weighted by atomic mass is 9.78. The van der Waals surface area contributed by atoms with E-state index >= 15 is 0 Å². The molecule has 1 saturated carbocycles. The first-order valence-electron chi connectivity index (χ1n) is 7.53. The second kappa shape index (κ2) is 8.10. The van der Waals surface area contributed by atoms with Crippen LogP contribution in [0.1, 0.15) is 59.3 Å². The third-order valence-corrected chi connectivity index (χ3v) is 4.61. The maximum absolute atomic E-state index is 9.07. The van der Waals surface area contributed by atoms with Crippen molar-refractivity contribution in [3.8, 4) is 0 Å². The lowest BCUT2D eigenvalue weighted by Crippen LogP contribution is -2.42. The summed E-state index contributed by atoms with van der Waals surface area (Å²) >= 11 is 0. The highest BCUT2D eigenvalue weighted by Crippen LogP contribution is 2.29. The third kappa shape index (κ3) is 4.97. The molecule has 1 aliphatic carbocycles. The molecule has 0 aromatic rings. The molecule has 0 aromatic heterocycles. The quantitative estimate of drug-likeness (QED) is 0.717. The SMILES string of the molecule is CCCC(CCO)CNC1CCCC(C)C1C. The Morgan fingerprint density at radius 2 is 2.00 bits per heavy atom. The maximum Gasteiger partial charge on any atom is 0.0434 e. The highest BCUT2D eigenvalue weighted by Gasteiger charge is 2.26. The Morgan fingerprint density at radius 3 is 2.65 bits per heavy atom. The number of hydrogen-bond acceptors (Lipinski definition) is 2. The molecule has 4 atom stereocenters. The topological polar surface area (TPSA) is 32.3 Å². The zero-order valence-corrected chi connectivity index (χ0v) is 11.9. The Kier molecular flexibility index (Phi) is 7.14. The third-order valence-electron chi connectivity index (χ3n) is 4.61. The van der Waals surface area contributed by atoms with Crippen molar-refractivity contribution < 1.29 is 5.11 Å². The predicted molar refractivity (Wildman–Crippen MR) is 74.1 cm³/mol.